The number of halogens is 1. The fourth-order valence-corrected chi connectivity index (χ4v) is 2.35. The van der Waals surface area contributed by atoms with E-state index in [0.717, 1.165) is 12.0 Å². The highest BCUT2D eigenvalue weighted by molar-refractivity contribution is 6.32. The van der Waals surface area contributed by atoms with Crippen LogP contribution >= 0.6 is 11.6 Å². The summed E-state index contributed by atoms with van der Waals surface area (Å²) in [7, 11) is 0. The van der Waals surface area contributed by atoms with Crippen LogP contribution < -0.4 is 10.1 Å². The number of rotatable bonds is 6. The Kier molecular flexibility index (Phi) is 5.84. The number of aryl methyl sites for hydroxylation is 1. The first-order chi connectivity index (χ1) is 10.6. The molecule has 2 aromatic carbocycles. The molecule has 4 heteroatoms. The van der Waals surface area contributed by atoms with E-state index in [0.29, 0.717) is 10.8 Å². The van der Waals surface area contributed by atoms with Crippen molar-refractivity contribution in [2.75, 3.05) is 6.61 Å². The molecular formula is C18H20ClNO2. The number of amides is 1. The first-order valence-electron chi connectivity index (χ1n) is 7.33. The van der Waals surface area contributed by atoms with Crippen LogP contribution in [0.5, 0.6) is 5.75 Å². The highest BCUT2D eigenvalue weighted by atomic mass is 35.5. The molecule has 3 nitrogen and oxygen atoms in total. The van der Waals surface area contributed by atoms with Crippen molar-refractivity contribution in [2.45, 2.75) is 26.3 Å². The van der Waals surface area contributed by atoms with Gasteiger partial charge in [-0.15, -0.1) is 0 Å². The average molecular weight is 318 g/mol. The van der Waals surface area contributed by atoms with E-state index in [1.54, 1.807) is 12.1 Å². The first-order valence-corrected chi connectivity index (χ1v) is 7.71. The molecule has 1 N–H and O–H groups in total. The zero-order chi connectivity index (χ0) is 15.9. The molecule has 1 atom stereocenters. The largest absolute Gasteiger partial charge is 0.482 e. The van der Waals surface area contributed by atoms with Crippen molar-refractivity contribution >= 4 is 17.5 Å². The van der Waals surface area contributed by atoms with Crippen LogP contribution in [0, 0.1) is 6.92 Å². The number of carbonyl (C=O) groups is 1. The minimum atomic E-state index is -0.160. The van der Waals surface area contributed by atoms with Crippen LogP contribution in [0.2, 0.25) is 5.02 Å². The van der Waals surface area contributed by atoms with Gasteiger partial charge in [-0.05, 0) is 31.0 Å². The Labute approximate surface area is 136 Å². The third kappa shape index (κ3) is 4.50. The van der Waals surface area contributed by atoms with Crippen molar-refractivity contribution in [2.24, 2.45) is 0 Å². The van der Waals surface area contributed by atoms with Crippen LogP contribution in [0.15, 0.2) is 48.5 Å². The van der Waals surface area contributed by atoms with E-state index in [-0.39, 0.29) is 18.6 Å². The van der Waals surface area contributed by atoms with E-state index in [4.69, 9.17) is 16.3 Å². The summed E-state index contributed by atoms with van der Waals surface area (Å²) in [5.74, 6) is 0.357. The number of hydrogen-bond acceptors (Lipinski definition) is 2. The summed E-state index contributed by atoms with van der Waals surface area (Å²) in [4.78, 5) is 12.1. The molecule has 0 bridgehead atoms. The van der Waals surface area contributed by atoms with Crippen LogP contribution in [0.25, 0.3) is 0 Å². The lowest BCUT2D eigenvalue weighted by Gasteiger charge is -2.18. The van der Waals surface area contributed by atoms with Crippen molar-refractivity contribution in [1.29, 1.82) is 0 Å². The molecule has 0 unspecified atom stereocenters. The van der Waals surface area contributed by atoms with Gasteiger partial charge >= 0.3 is 0 Å². The predicted octanol–water partition coefficient (Wildman–Crippen LogP) is 4.29. The maximum Gasteiger partial charge on any atom is 0.258 e. The maximum absolute atomic E-state index is 12.1. The molecule has 2 aromatic rings. The number of para-hydroxylation sites is 1. The van der Waals surface area contributed by atoms with E-state index in [1.807, 2.05) is 50.2 Å². The lowest BCUT2D eigenvalue weighted by Crippen LogP contribution is -2.32. The second kappa shape index (κ2) is 7.85. The Morgan fingerprint density at radius 1 is 1.18 bits per heavy atom. The van der Waals surface area contributed by atoms with Gasteiger partial charge in [-0.3, -0.25) is 4.79 Å². The van der Waals surface area contributed by atoms with E-state index in [2.05, 4.69) is 5.32 Å². The molecule has 0 saturated heterocycles. The molecule has 0 aliphatic carbocycles. The maximum atomic E-state index is 12.1. The third-order valence-corrected chi connectivity index (χ3v) is 3.73. The van der Waals surface area contributed by atoms with Gasteiger partial charge in [-0.1, -0.05) is 60.5 Å². The topological polar surface area (TPSA) is 38.3 Å². The molecule has 116 valence electrons. The van der Waals surface area contributed by atoms with Gasteiger partial charge in [0.05, 0.1) is 11.1 Å². The molecule has 0 aliphatic rings. The summed E-state index contributed by atoms with van der Waals surface area (Å²) in [5, 5.41) is 3.49. The Morgan fingerprint density at radius 2 is 1.86 bits per heavy atom. The number of ether oxygens (including phenoxy) is 1. The molecule has 0 heterocycles. The highest BCUT2D eigenvalue weighted by Crippen LogP contribution is 2.23. The SMILES string of the molecule is CC[C@@H](NC(=O)COc1ccccc1Cl)c1ccc(C)cc1. The standard InChI is InChI=1S/C18H20ClNO2/c1-3-16(14-10-8-13(2)9-11-14)20-18(21)12-22-17-7-5-4-6-15(17)19/h4-11,16H,3,12H2,1-2H3,(H,20,21)/t16-/m1/s1. The Hall–Kier alpha value is -2.00. The second-order valence-corrected chi connectivity index (χ2v) is 5.57. The van der Waals surface area contributed by atoms with Crippen molar-refractivity contribution in [3.63, 3.8) is 0 Å². The molecule has 0 aromatic heterocycles. The number of carbonyl (C=O) groups excluding carboxylic acids is 1. The van der Waals surface area contributed by atoms with Gasteiger partial charge in [0.2, 0.25) is 0 Å². The van der Waals surface area contributed by atoms with E-state index < -0.39 is 0 Å². The van der Waals surface area contributed by atoms with E-state index >= 15 is 0 Å². The van der Waals surface area contributed by atoms with Gasteiger partial charge in [0, 0.05) is 0 Å². The minimum absolute atomic E-state index is 0.0112. The van der Waals surface area contributed by atoms with E-state index in [9.17, 15) is 4.79 Å². The smallest absolute Gasteiger partial charge is 0.258 e. The molecule has 0 aliphatic heterocycles. The summed E-state index contributed by atoms with van der Waals surface area (Å²) in [6, 6.07) is 15.3. The van der Waals surface area contributed by atoms with Gasteiger partial charge in [-0.2, -0.15) is 0 Å². The third-order valence-electron chi connectivity index (χ3n) is 3.42. The molecule has 22 heavy (non-hydrogen) atoms. The van der Waals surface area contributed by atoms with Gasteiger partial charge in [0.25, 0.3) is 5.91 Å². The molecule has 0 fully saturated rings. The summed E-state index contributed by atoms with van der Waals surface area (Å²) < 4.78 is 5.45. The lowest BCUT2D eigenvalue weighted by atomic mass is 10.0. The first kappa shape index (κ1) is 16.4. The zero-order valence-corrected chi connectivity index (χ0v) is 13.6. The lowest BCUT2D eigenvalue weighted by molar-refractivity contribution is -0.123. The summed E-state index contributed by atoms with van der Waals surface area (Å²) >= 11 is 5.99. The van der Waals surface area contributed by atoms with Crippen molar-refractivity contribution < 1.29 is 9.53 Å². The van der Waals surface area contributed by atoms with Crippen LogP contribution in [0.1, 0.15) is 30.5 Å². The van der Waals surface area contributed by atoms with Crippen LogP contribution in [0.4, 0.5) is 0 Å². The number of benzene rings is 2. The Bertz CT molecular complexity index is 625. The van der Waals surface area contributed by atoms with Crippen LogP contribution in [-0.4, -0.2) is 12.5 Å². The van der Waals surface area contributed by atoms with Gasteiger partial charge in [-0.25, -0.2) is 0 Å². The fourth-order valence-electron chi connectivity index (χ4n) is 2.16. The normalized spacial score (nSPS) is 11.8. The van der Waals surface area contributed by atoms with Gasteiger partial charge < -0.3 is 10.1 Å². The summed E-state index contributed by atoms with van der Waals surface area (Å²) in [6.07, 6.45) is 0.820. The second-order valence-electron chi connectivity index (χ2n) is 5.16. The summed E-state index contributed by atoms with van der Waals surface area (Å²) in [5.41, 5.74) is 2.30. The molecule has 0 saturated carbocycles. The summed E-state index contributed by atoms with van der Waals surface area (Å²) in [6.45, 7) is 4.03. The van der Waals surface area contributed by atoms with Gasteiger partial charge in [0.15, 0.2) is 6.61 Å². The molecule has 2 rings (SSSR count). The highest BCUT2D eigenvalue weighted by Gasteiger charge is 2.13. The van der Waals surface area contributed by atoms with Gasteiger partial charge in [0.1, 0.15) is 5.75 Å². The molecular weight excluding hydrogens is 298 g/mol. The Balaban J connectivity index is 1.92. The average Bonchev–Trinajstić information content (AvgIpc) is 2.53. The predicted molar refractivity (Wildman–Crippen MR) is 89.3 cm³/mol. The quantitative estimate of drug-likeness (QED) is 0.863. The van der Waals surface area contributed by atoms with Crippen molar-refractivity contribution in [1.82, 2.24) is 5.32 Å². The molecule has 1 amide bonds. The van der Waals surface area contributed by atoms with Crippen molar-refractivity contribution in [3.8, 4) is 5.75 Å². The van der Waals surface area contributed by atoms with Crippen molar-refractivity contribution in [3.05, 3.63) is 64.7 Å². The van der Waals surface area contributed by atoms with Crippen LogP contribution in [-0.2, 0) is 4.79 Å². The minimum Gasteiger partial charge on any atom is -0.482 e. The fraction of sp³-hybridized carbons (Fsp3) is 0.278. The monoisotopic (exact) mass is 317 g/mol. The Morgan fingerprint density at radius 3 is 2.50 bits per heavy atom. The molecule has 0 radical (unpaired) electrons. The number of nitrogens with one attached hydrogen (secondary N) is 1. The van der Waals surface area contributed by atoms with E-state index in [1.165, 1.54) is 5.56 Å². The van der Waals surface area contributed by atoms with Crippen LogP contribution in [0.3, 0.4) is 0 Å². The number of hydrogen-bond donors (Lipinski definition) is 1. The zero-order valence-electron chi connectivity index (χ0n) is 12.8. The molecule has 0 spiro atoms.